The summed E-state index contributed by atoms with van der Waals surface area (Å²) in [6.45, 7) is 4.40. The SMILES string of the molecule is C=Cc1ccc(OCC/[P+]([O-])=C(\O)C[N+](C)(C)C)cc1. The van der Waals surface area contributed by atoms with Gasteiger partial charge in [0, 0.05) is 0 Å². The van der Waals surface area contributed by atoms with E-state index < -0.39 is 7.77 Å². The fourth-order valence-electron chi connectivity index (χ4n) is 1.58. The molecule has 0 amide bonds. The fraction of sp³-hybridized carbons (Fsp3) is 0.400. The van der Waals surface area contributed by atoms with Crippen molar-refractivity contribution >= 4 is 19.3 Å². The molecule has 20 heavy (non-hydrogen) atoms. The van der Waals surface area contributed by atoms with Crippen molar-refractivity contribution in [1.29, 1.82) is 0 Å². The Morgan fingerprint density at radius 2 is 1.95 bits per heavy atom. The molecule has 1 unspecified atom stereocenters. The zero-order valence-electron chi connectivity index (χ0n) is 12.4. The van der Waals surface area contributed by atoms with Crippen LogP contribution in [0.1, 0.15) is 5.56 Å². The van der Waals surface area contributed by atoms with Crippen molar-refractivity contribution in [2.24, 2.45) is 0 Å². The highest BCUT2D eigenvalue weighted by molar-refractivity contribution is 7.51. The van der Waals surface area contributed by atoms with Crippen LogP contribution in [-0.2, 0) is 0 Å². The predicted octanol–water partition coefficient (Wildman–Crippen LogP) is 1.67. The van der Waals surface area contributed by atoms with Gasteiger partial charge < -0.3 is 19.2 Å². The summed E-state index contributed by atoms with van der Waals surface area (Å²) in [5, 5.41) is 9.77. The summed E-state index contributed by atoms with van der Waals surface area (Å²) in [6, 6.07) is 7.51. The van der Waals surface area contributed by atoms with E-state index in [-0.39, 0.29) is 5.48 Å². The molecule has 0 saturated carbocycles. The summed E-state index contributed by atoms with van der Waals surface area (Å²) in [5.74, 6) is 0.727. The zero-order valence-corrected chi connectivity index (χ0v) is 13.3. The first-order valence-corrected chi connectivity index (χ1v) is 7.91. The Morgan fingerprint density at radius 3 is 2.45 bits per heavy atom. The largest absolute Gasteiger partial charge is 0.628 e. The molecule has 0 aliphatic carbocycles. The van der Waals surface area contributed by atoms with E-state index in [4.69, 9.17) is 4.74 Å². The topological polar surface area (TPSA) is 52.5 Å². The van der Waals surface area contributed by atoms with Crippen molar-refractivity contribution < 1.29 is 19.2 Å². The molecule has 110 valence electrons. The second-order valence-corrected chi connectivity index (χ2v) is 7.31. The van der Waals surface area contributed by atoms with E-state index in [1.165, 1.54) is 0 Å². The first kappa shape index (κ1) is 16.9. The normalized spacial score (nSPS) is 12.8. The van der Waals surface area contributed by atoms with Crippen LogP contribution in [-0.4, -0.2) is 55.5 Å². The van der Waals surface area contributed by atoms with E-state index in [1.54, 1.807) is 6.08 Å². The number of hydrogen-bond donors (Lipinski definition) is 1. The van der Waals surface area contributed by atoms with Gasteiger partial charge in [0.15, 0.2) is 6.54 Å². The number of quaternary nitrogens is 1. The highest BCUT2D eigenvalue weighted by Gasteiger charge is 2.17. The summed E-state index contributed by atoms with van der Waals surface area (Å²) in [6.07, 6.45) is 2.09. The van der Waals surface area contributed by atoms with Gasteiger partial charge in [-0.05, 0) is 17.7 Å². The molecular formula is C15H23NO3P+. The van der Waals surface area contributed by atoms with Gasteiger partial charge in [0.25, 0.3) is 5.48 Å². The standard InChI is InChI=1S/C15H22NO3P/c1-5-13-6-8-14(9-7-13)19-10-11-20(18)15(17)12-16(2,3)4/h5-9H,1,10-12H2,2-4H3/p+1. The molecule has 0 spiro atoms. The lowest BCUT2D eigenvalue weighted by atomic mass is 10.2. The Balaban J connectivity index is 2.46. The van der Waals surface area contributed by atoms with E-state index in [0.29, 0.717) is 23.8 Å². The summed E-state index contributed by atoms with van der Waals surface area (Å²) in [7, 11) is 4.08. The number of rotatable bonds is 7. The Morgan fingerprint density at radius 1 is 1.35 bits per heavy atom. The van der Waals surface area contributed by atoms with Crippen molar-refractivity contribution in [3.8, 4) is 5.75 Å². The smallest absolute Gasteiger partial charge is 0.274 e. The van der Waals surface area contributed by atoms with Crippen LogP contribution in [0.2, 0.25) is 0 Å². The third kappa shape index (κ3) is 6.31. The van der Waals surface area contributed by atoms with Gasteiger partial charge >= 0.3 is 0 Å². The first-order valence-electron chi connectivity index (χ1n) is 6.47. The van der Waals surface area contributed by atoms with E-state index in [2.05, 4.69) is 6.58 Å². The van der Waals surface area contributed by atoms with Crippen molar-refractivity contribution in [2.45, 2.75) is 0 Å². The molecule has 1 atom stereocenters. The minimum absolute atomic E-state index is 0.0538. The van der Waals surface area contributed by atoms with Crippen LogP contribution < -0.4 is 9.63 Å². The summed E-state index contributed by atoms with van der Waals surface area (Å²) in [5.41, 5.74) is 1.08. The lowest BCUT2D eigenvalue weighted by Gasteiger charge is -2.22. The molecule has 0 aliphatic rings. The zero-order chi connectivity index (χ0) is 15.2. The van der Waals surface area contributed by atoms with Gasteiger partial charge in [0.2, 0.25) is 0 Å². The number of hydrogen-bond acceptors (Lipinski definition) is 2. The van der Waals surface area contributed by atoms with Gasteiger partial charge in [-0.15, -0.1) is 0 Å². The fourth-order valence-corrected chi connectivity index (χ4v) is 2.68. The van der Waals surface area contributed by atoms with Gasteiger partial charge in [0.1, 0.15) is 18.5 Å². The Hall–Kier alpha value is -1.19. The van der Waals surface area contributed by atoms with Crippen LogP contribution in [0.25, 0.3) is 6.08 Å². The summed E-state index contributed by atoms with van der Waals surface area (Å²) >= 11 is 0. The number of likely N-dealkylation sites (N-methyl/N-ethyl adjacent to an activating group) is 1. The lowest BCUT2D eigenvalue weighted by Crippen LogP contribution is -2.39. The lowest BCUT2D eigenvalue weighted by molar-refractivity contribution is -0.861. The highest BCUT2D eigenvalue weighted by Crippen LogP contribution is 2.16. The van der Waals surface area contributed by atoms with Crippen LogP contribution in [0.4, 0.5) is 0 Å². The maximum Gasteiger partial charge on any atom is 0.274 e. The van der Waals surface area contributed by atoms with E-state index in [1.807, 2.05) is 45.4 Å². The highest BCUT2D eigenvalue weighted by atomic mass is 31.1. The molecule has 4 nitrogen and oxygen atoms in total. The molecule has 0 heterocycles. The quantitative estimate of drug-likeness (QED) is 0.615. The van der Waals surface area contributed by atoms with Crippen molar-refractivity contribution in [2.75, 3.05) is 40.5 Å². The minimum Gasteiger partial charge on any atom is -0.628 e. The van der Waals surface area contributed by atoms with Crippen molar-refractivity contribution in [3.63, 3.8) is 0 Å². The van der Waals surface area contributed by atoms with Gasteiger partial charge in [-0.3, -0.25) is 0 Å². The second-order valence-electron chi connectivity index (χ2n) is 5.59. The Labute approximate surface area is 122 Å². The third-order valence-electron chi connectivity index (χ3n) is 2.58. The van der Waals surface area contributed by atoms with E-state index in [0.717, 1.165) is 11.3 Å². The molecule has 0 fully saturated rings. The maximum atomic E-state index is 11.9. The van der Waals surface area contributed by atoms with Gasteiger partial charge in [-0.2, -0.15) is 0 Å². The van der Waals surface area contributed by atoms with Crippen LogP contribution in [0.15, 0.2) is 30.8 Å². The molecular weight excluding hydrogens is 273 g/mol. The molecule has 5 heteroatoms. The van der Waals surface area contributed by atoms with E-state index >= 15 is 0 Å². The minimum atomic E-state index is -1.75. The first-order chi connectivity index (χ1) is 9.31. The predicted molar refractivity (Wildman–Crippen MR) is 83.7 cm³/mol. The number of benzene rings is 1. The Kier molecular flexibility index (Phi) is 6.37. The summed E-state index contributed by atoms with van der Waals surface area (Å²) < 4.78 is 6.06. The number of ether oxygens (including phenoxy) is 1. The molecule has 0 radical (unpaired) electrons. The number of nitrogens with zero attached hydrogens (tertiary/aromatic N) is 1. The van der Waals surface area contributed by atoms with Crippen LogP contribution in [0.5, 0.6) is 5.75 Å². The average molecular weight is 296 g/mol. The second kappa shape index (κ2) is 7.55. The van der Waals surface area contributed by atoms with Crippen molar-refractivity contribution in [3.05, 3.63) is 36.4 Å². The molecule has 1 aromatic carbocycles. The van der Waals surface area contributed by atoms with Gasteiger partial charge in [0.05, 0.1) is 28.9 Å². The molecule has 0 bridgehead atoms. The Bertz CT molecular complexity index is 475. The van der Waals surface area contributed by atoms with Crippen LogP contribution in [0, 0.1) is 0 Å². The van der Waals surface area contributed by atoms with Gasteiger partial charge in [-0.1, -0.05) is 24.8 Å². The van der Waals surface area contributed by atoms with Gasteiger partial charge in [-0.25, -0.2) is 0 Å². The molecule has 1 aromatic rings. The van der Waals surface area contributed by atoms with E-state index in [9.17, 15) is 10.00 Å². The number of aliphatic hydroxyl groups excluding tert-OH is 1. The van der Waals surface area contributed by atoms with Crippen LogP contribution >= 0.6 is 7.77 Å². The molecule has 1 rings (SSSR count). The molecule has 0 aromatic heterocycles. The average Bonchev–Trinajstić information content (AvgIpc) is 2.37. The maximum absolute atomic E-state index is 11.9. The summed E-state index contributed by atoms with van der Waals surface area (Å²) in [4.78, 5) is 11.9. The monoisotopic (exact) mass is 296 g/mol. The third-order valence-corrected chi connectivity index (χ3v) is 3.89. The van der Waals surface area contributed by atoms with Crippen molar-refractivity contribution in [1.82, 2.24) is 0 Å². The molecule has 1 N–H and O–H groups in total. The molecule has 0 aliphatic heterocycles. The number of aliphatic hydroxyl groups is 1. The van der Waals surface area contributed by atoms with Crippen LogP contribution in [0.3, 0.4) is 0 Å². The molecule has 0 saturated heterocycles.